The summed E-state index contributed by atoms with van der Waals surface area (Å²) in [6.07, 6.45) is -0.935. The minimum Gasteiger partial charge on any atom is -0.433 e. The molecule has 0 aliphatic carbocycles. The standard InChI is InChI=1S/C9H14O5/c1-5(2)8(10)14-9-7-6(3-11-9)12-4-13-7/h5-7,9H,3-4H2,1-2H3/t6?,7-,9?/m0/s1. The van der Waals surface area contributed by atoms with Gasteiger partial charge in [-0.1, -0.05) is 13.8 Å². The maximum Gasteiger partial charge on any atom is 0.310 e. The third-order valence-corrected chi connectivity index (χ3v) is 2.31. The Kier molecular flexibility index (Phi) is 2.71. The summed E-state index contributed by atoms with van der Waals surface area (Å²) >= 11 is 0. The predicted molar refractivity (Wildman–Crippen MR) is 45.3 cm³/mol. The summed E-state index contributed by atoms with van der Waals surface area (Å²) in [6.45, 7) is 4.25. The molecule has 2 aliphatic rings. The minimum absolute atomic E-state index is 0.0834. The van der Waals surface area contributed by atoms with Gasteiger partial charge in [-0.3, -0.25) is 4.79 Å². The summed E-state index contributed by atoms with van der Waals surface area (Å²) in [4.78, 5) is 11.3. The molecule has 5 heteroatoms. The molecule has 2 saturated heterocycles. The number of hydrogen-bond acceptors (Lipinski definition) is 5. The molecule has 0 aromatic heterocycles. The number of rotatable bonds is 2. The molecular formula is C9H14O5. The van der Waals surface area contributed by atoms with E-state index in [0.717, 1.165) is 0 Å². The fraction of sp³-hybridized carbons (Fsp3) is 0.889. The SMILES string of the molecule is CC(C)C(=O)OC1OCC2OCO[C@@H]21. The molecule has 2 fully saturated rings. The normalized spacial score (nSPS) is 36.1. The summed E-state index contributed by atoms with van der Waals surface area (Å²) in [6, 6.07) is 0. The van der Waals surface area contributed by atoms with E-state index in [9.17, 15) is 4.79 Å². The second-order valence-electron chi connectivity index (χ2n) is 3.75. The molecule has 0 radical (unpaired) electrons. The van der Waals surface area contributed by atoms with Crippen LogP contribution < -0.4 is 0 Å². The molecule has 80 valence electrons. The first-order chi connectivity index (χ1) is 6.68. The van der Waals surface area contributed by atoms with Crippen LogP contribution in [0, 0.1) is 5.92 Å². The van der Waals surface area contributed by atoms with E-state index in [1.54, 1.807) is 13.8 Å². The lowest BCUT2D eigenvalue weighted by molar-refractivity contribution is -0.191. The monoisotopic (exact) mass is 202 g/mol. The van der Waals surface area contributed by atoms with E-state index in [4.69, 9.17) is 18.9 Å². The average Bonchev–Trinajstić information content (AvgIpc) is 2.69. The van der Waals surface area contributed by atoms with Gasteiger partial charge >= 0.3 is 5.97 Å². The van der Waals surface area contributed by atoms with Crippen molar-refractivity contribution in [2.75, 3.05) is 13.4 Å². The Morgan fingerprint density at radius 3 is 2.86 bits per heavy atom. The van der Waals surface area contributed by atoms with Crippen LogP contribution in [0.5, 0.6) is 0 Å². The fourth-order valence-electron chi connectivity index (χ4n) is 1.44. The molecular weight excluding hydrogens is 188 g/mol. The smallest absolute Gasteiger partial charge is 0.310 e. The van der Waals surface area contributed by atoms with Crippen LogP contribution in [0.2, 0.25) is 0 Å². The van der Waals surface area contributed by atoms with Gasteiger partial charge in [0.25, 0.3) is 0 Å². The summed E-state index contributed by atoms with van der Waals surface area (Å²) in [5.74, 6) is -0.425. The Bertz CT molecular complexity index is 227. The zero-order valence-electron chi connectivity index (χ0n) is 8.26. The molecule has 0 N–H and O–H groups in total. The third-order valence-electron chi connectivity index (χ3n) is 2.31. The molecule has 3 atom stereocenters. The topological polar surface area (TPSA) is 54.0 Å². The molecule has 2 aliphatic heterocycles. The second kappa shape index (κ2) is 3.84. The zero-order chi connectivity index (χ0) is 10.1. The maximum atomic E-state index is 11.3. The Hall–Kier alpha value is -0.650. The lowest BCUT2D eigenvalue weighted by Crippen LogP contribution is -2.32. The van der Waals surface area contributed by atoms with Gasteiger partial charge in [0.15, 0.2) is 6.10 Å². The third kappa shape index (κ3) is 1.75. The fourth-order valence-corrected chi connectivity index (χ4v) is 1.44. The van der Waals surface area contributed by atoms with Crippen molar-refractivity contribution in [1.29, 1.82) is 0 Å². The number of ether oxygens (including phenoxy) is 4. The predicted octanol–water partition coefficient (Wildman–Crippen LogP) is 0.283. The maximum absolute atomic E-state index is 11.3. The van der Waals surface area contributed by atoms with Crippen LogP contribution in [0.4, 0.5) is 0 Å². The van der Waals surface area contributed by atoms with Crippen molar-refractivity contribution in [2.24, 2.45) is 5.92 Å². The first-order valence-electron chi connectivity index (χ1n) is 4.74. The van der Waals surface area contributed by atoms with Gasteiger partial charge in [0.05, 0.1) is 12.5 Å². The van der Waals surface area contributed by atoms with Crippen LogP contribution in [-0.4, -0.2) is 37.9 Å². The molecule has 2 heterocycles. The van der Waals surface area contributed by atoms with E-state index in [1.807, 2.05) is 0 Å². The van der Waals surface area contributed by atoms with Crippen LogP contribution >= 0.6 is 0 Å². The molecule has 5 nitrogen and oxygen atoms in total. The summed E-state index contributed by atoms with van der Waals surface area (Å²) < 4.78 is 20.8. The lowest BCUT2D eigenvalue weighted by atomic mass is 10.2. The number of carbonyl (C=O) groups excluding carboxylic acids is 1. The molecule has 0 amide bonds. The van der Waals surface area contributed by atoms with Gasteiger partial charge in [0.2, 0.25) is 6.29 Å². The van der Waals surface area contributed by atoms with Crippen molar-refractivity contribution in [3.8, 4) is 0 Å². The van der Waals surface area contributed by atoms with Gasteiger partial charge in [-0.25, -0.2) is 0 Å². The minimum atomic E-state index is -0.600. The van der Waals surface area contributed by atoms with Crippen LogP contribution in [0.25, 0.3) is 0 Å². The summed E-state index contributed by atoms with van der Waals surface area (Å²) in [5, 5.41) is 0. The van der Waals surface area contributed by atoms with Crippen molar-refractivity contribution >= 4 is 5.97 Å². The van der Waals surface area contributed by atoms with E-state index in [2.05, 4.69) is 0 Å². The van der Waals surface area contributed by atoms with Crippen LogP contribution in [-0.2, 0) is 23.7 Å². The first-order valence-corrected chi connectivity index (χ1v) is 4.74. The van der Waals surface area contributed by atoms with Crippen molar-refractivity contribution in [3.63, 3.8) is 0 Å². The number of carbonyl (C=O) groups is 1. The highest BCUT2D eigenvalue weighted by atomic mass is 16.8. The molecule has 2 rings (SSSR count). The van der Waals surface area contributed by atoms with E-state index in [0.29, 0.717) is 6.61 Å². The van der Waals surface area contributed by atoms with Gasteiger partial charge < -0.3 is 18.9 Å². The van der Waals surface area contributed by atoms with Crippen LogP contribution in [0.3, 0.4) is 0 Å². The lowest BCUT2D eigenvalue weighted by Gasteiger charge is -2.17. The van der Waals surface area contributed by atoms with Gasteiger partial charge in [0, 0.05) is 0 Å². The van der Waals surface area contributed by atoms with Crippen molar-refractivity contribution in [3.05, 3.63) is 0 Å². The second-order valence-corrected chi connectivity index (χ2v) is 3.75. The molecule has 0 aromatic carbocycles. The van der Waals surface area contributed by atoms with Gasteiger partial charge in [0.1, 0.15) is 12.9 Å². The van der Waals surface area contributed by atoms with E-state index in [-0.39, 0.29) is 30.9 Å². The van der Waals surface area contributed by atoms with Crippen molar-refractivity contribution in [2.45, 2.75) is 32.3 Å². The molecule has 0 spiro atoms. The number of fused-ring (bicyclic) bond motifs is 1. The van der Waals surface area contributed by atoms with E-state index >= 15 is 0 Å². The Morgan fingerprint density at radius 1 is 1.36 bits per heavy atom. The summed E-state index contributed by atoms with van der Waals surface area (Å²) in [7, 11) is 0. The highest BCUT2D eigenvalue weighted by Gasteiger charge is 2.45. The average molecular weight is 202 g/mol. The van der Waals surface area contributed by atoms with Crippen molar-refractivity contribution < 1.29 is 23.7 Å². The highest BCUT2D eigenvalue weighted by Crippen LogP contribution is 2.26. The quantitative estimate of drug-likeness (QED) is 0.602. The Balaban J connectivity index is 1.90. The Labute approximate surface area is 82.3 Å². The number of esters is 1. The number of hydrogen-bond donors (Lipinski definition) is 0. The highest BCUT2D eigenvalue weighted by molar-refractivity contribution is 5.71. The largest absolute Gasteiger partial charge is 0.433 e. The Morgan fingerprint density at radius 2 is 2.14 bits per heavy atom. The summed E-state index contributed by atoms with van der Waals surface area (Å²) in [5.41, 5.74) is 0. The van der Waals surface area contributed by atoms with Crippen LogP contribution in [0.1, 0.15) is 13.8 Å². The molecule has 0 aromatic rings. The van der Waals surface area contributed by atoms with Gasteiger partial charge in [-0.05, 0) is 0 Å². The molecule has 14 heavy (non-hydrogen) atoms. The van der Waals surface area contributed by atoms with E-state index in [1.165, 1.54) is 0 Å². The van der Waals surface area contributed by atoms with Gasteiger partial charge in [-0.15, -0.1) is 0 Å². The molecule has 0 bridgehead atoms. The van der Waals surface area contributed by atoms with Gasteiger partial charge in [-0.2, -0.15) is 0 Å². The van der Waals surface area contributed by atoms with Crippen LogP contribution in [0.15, 0.2) is 0 Å². The molecule has 2 unspecified atom stereocenters. The van der Waals surface area contributed by atoms with Crippen molar-refractivity contribution in [1.82, 2.24) is 0 Å². The molecule has 0 saturated carbocycles. The first kappa shape index (κ1) is 9.89. The van der Waals surface area contributed by atoms with E-state index < -0.39 is 6.29 Å². The zero-order valence-corrected chi connectivity index (χ0v) is 8.26.